The topological polar surface area (TPSA) is 94.3 Å². The number of rotatable bonds is 4. The lowest BCUT2D eigenvalue weighted by Crippen LogP contribution is -2.14. The van der Waals surface area contributed by atoms with E-state index >= 15 is 0 Å². The molecule has 0 radical (unpaired) electrons. The molecule has 0 unspecified atom stereocenters. The van der Waals surface area contributed by atoms with Gasteiger partial charge in [0.05, 0.1) is 12.7 Å². The number of hydrogen-bond acceptors (Lipinski definition) is 6. The number of aromatic nitrogens is 1. The Morgan fingerprint density at radius 2 is 2.19 bits per heavy atom. The van der Waals surface area contributed by atoms with Gasteiger partial charge in [-0.25, -0.2) is 9.78 Å². The van der Waals surface area contributed by atoms with E-state index in [0.717, 1.165) is 5.56 Å². The van der Waals surface area contributed by atoms with Crippen molar-refractivity contribution in [2.45, 2.75) is 13.5 Å². The maximum absolute atomic E-state index is 12.1. The third kappa shape index (κ3) is 3.45. The first kappa shape index (κ1) is 15.1. The number of nitrogens with one attached hydrogen (secondary N) is 1. The number of nitrogens with two attached hydrogens (primary N) is 1. The van der Waals surface area contributed by atoms with Crippen molar-refractivity contribution in [2.75, 3.05) is 12.4 Å². The van der Waals surface area contributed by atoms with Gasteiger partial charge in [0, 0.05) is 17.6 Å². The molecule has 0 atom stereocenters. The number of amides is 1. The third-order valence-corrected chi connectivity index (χ3v) is 3.74. The molecule has 0 saturated heterocycles. The summed E-state index contributed by atoms with van der Waals surface area (Å²) in [6.45, 7) is 2.14. The number of carbonyl (C=O) groups excluding carboxylic acids is 2. The van der Waals surface area contributed by atoms with Crippen LogP contribution in [0.15, 0.2) is 23.6 Å². The van der Waals surface area contributed by atoms with Crippen LogP contribution in [0.2, 0.25) is 0 Å². The van der Waals surface area contributed by atoms with Crippen molar-refractivity contribution in [2.24, 2.45) is 5.73 Å². The smallest absolute Gasteiger partial charge is 0.337 e. The third-order valence-electron chi connectivity index (χ3n) is 2.87. The Bertz CT molecular complexity index is 682. The van der Waals surface area contributed by atoms with Gasteiger partial charge in [0.2, 0.25) is 0 Å². The molecule has 6 nitrogen and oxygen atoms in total. The number of esters is 1. The van der Waals surface area contributed by atoms with Gasteiger partial charge in [0.1, 0.15) is 10.7 Å². The molecule has 0 aliphatic rings. The summed E-state index contributed by atoms with van der Waals surface area (Å²) in [7, 11) is 1.31. The van der Waals surface area contributed by atoms with Crippen LogP contribution in [0.5, 0.6) is 0 Å². The average molecular weight is 305 g/mol. The van der Waals surface area contributed by atoms with Gasteiger partial charge in [-0.15, -0.1) is 11.3 Å². The van der Waals surface area contributed by atoms with E-state index in [9.17, 15) is 9.59 Å². The van der Waals surface area contributed by atoms with Crippen molar-refractivity contribution in [3.05, 3.63) is 45.4 Å². The van der Waals surface area contributed by atoms with E-state index in [1.807, 2.05) is 6.92 Å². The molecule has 1 aromatic heterocycles. The monoisotopic (exact) mass is 305 g/mol. The number of methoxy groups -OCH3 is 1. The predicted molar refractivity (Wildman–Crippen MR) is 80.5 cm³/mol. The van der Waals surface area contributed by atoms with E-state index in [2.05, 4.69) is 15.0 Å². The number of carbonyl (C=O) groups is 2. The van der Waals surface area contributed by atoms with Gasteiger partial charge >= 0.3 is 5.97 Å². The van der Waals surface area contributed by atoms with Gasteiger partial charge in [0.25, 0.3) is 5.91 Å². The lowest BCUT2D eigenvalue weighted by atomic mass is 10.1. The summed E-state index contributed by atoms with van der Waals surface area (Å²) in [6, 6.07) is 4.97. The Morgan fingerprint density at radius 3 is 2.81 bits per heavy atom. The molecule has 0 fully saturated rings. The first-order valence-corrected chi connectivity index (χ1v) is 7.08. The minimum absolute atomic E-state index is 0.300. The molecular weight excluding hydrogens is 290 g/mol. The van der Waals surface area contributed by atoms with Crippen LogP contribution in [-0.4, -0.2) is 24.0 Å². The second kappa shape index (κ2) is 6.47. The van der Waals surface area contributed by atoms with Crippen LogP contribution in [0.3, 0.4) is 0 Å². The van der Waals surface area contributed by atoms with E-state index < -0.39 is 5.97 Å². The molecule has 0 aliphatic heterocycles. The number of thiazole rings is 1. The average Bonchev–Trinajstić information content (AvgIpc) is 2.97. The zero-order valence-corrected chi connectivity index (χ0v) is 12.5. The zero-order chi connectivity index (χ0) is 15.4. The lowest BCUT2D eigenvalue weighted by molar-refractivity contribution is 0.0600. The standard InChI is InChI=1S/C14H15N3O3S/c1-8-3-4-9(14(19)20-2)5-10(8)17-13(18)11-7-21-12(6-15)16-11/h3-5,7H,6,15H2,1-2H3,(H,17,18). The molecule has 1 amide bonds. The molecule has 0 spiro atoms. The maximum Gasteiger partial charge on any atom is 0.337 e. The van der Waals surface area contributed by atoms with Crippen molar-refractivity contribution >= 4 is 28.9 Å². The van der Waals surface area contributed by atoms with Gasteiger partial charge in [-0.3, -0.25) is 4.79 Å². The van der Waals surface area contributed by atoms with Crippen LogP contribution >= 0.6 is 11.3 Å². The highest BCUT2D eigenvalue weighted by Crippen LogP contribution is 2.19. The molecule has 0 bridgehead atoms. The molecule has 0 saturated carbocycles. The van der Waals surface area contributed by atoms with Crippen molar-refractivity contribution in [1.29, 1.82) is 0 Å². The van der Waals surface area contributed by atoms with Crippen LogP contribution < -0.4 is 11.1 Å². The highest BCUT2D eigenvalue weighted by atomic mass is 32.1. The van der Waals surface area contributed by atoms with Crippen molar-refractivity contribution in [1.82, 2.24) is 4.98 Å². The normalized spacial score (nSPS) is 10.2. The fourth-order valence-corrected chi connectivity index (χ4v) is 2.35. The molecule has 110 valence electrons. The van der Waals surface area contributed by atoms with Crippen molar-refractivity contribution in [3.63, 3.8) is 0 Å². The summed E-state index contributed by atoms with van der Waals surface area (Å²) in [5.74, 6) is -0.791. The highest BCUT2D eigenvalue weighted by Gasteiger charge is 2.13. The molecule has 7 heteroatoms. The summed E-state index contributed by atoms with van der Waals surface area (Å²) >= 11 is 1.33. The molecule has 0 aliphatic carbocycles. The van der Waals surface area contributed by atoms with E-state index in [1.54, 1.807) is 23.6 Å². The SMILES string of the molecule is COC(=O)c1ccc(C)c(NC(=O)c2csc(CN)n2)c1. The molecule has 1 aromatic carbocycles. The Balaban J connectivity index is 2.22. The molecule has 21 heavy (non-hydrogen) atoms. The van der Waals surface area contributed by atoms with Crippen molar-refractivity contribution in [3.8, 4) is 0 Å². The second-order valence-corrected chi connectivity index (χ2v) is 5.25. The Kier molecular flexibility index (Phi) is 4.66. The minimum Gasteiger partial charge on any atom is -0.465 e. The number of nitrogens with zero attached hydrogens (tertiary/aromatic N) is 1. The van der Waals surface area contributed by atoms with Crippen LogP contribution in [-0.2, 0) is 11.3 Å². The minimum atomic E-state index is -0.454. The Morgan fingerprint density at radius 1 is 1.43 bits per heavy atom. The summed E-state index contributed by atoms with van der Waals surface area (Å²) in [4.78, 5) is 27.8. The fourth-order valence-electron chi connectivity index (χ4n) is 1.70. The Labute approximate surface area is 125 Å². The summed E-state index contributed by atoms with van der Waals surface area (Å²) in [6.07, 6.45) is 0. The number of hydrogen-bond donors (Lipinski definition) is 2. The number of benzene rings is 1. The van der Waals surface area contributed by atoms with E-state index in [4.69, 9.17) is 5.73 Å². The van der Waals surface area contributed by atoms with E-state index in [1.165, 1.54) is 18.4 Å². The first-order valence-electron chi connectivity index (χ1n) is 6.20. The van der Waals surface area contributed by atoms with Gasteiger partial charge in [0.15, 0.2) is 0 Å². The lowest BCUT2D eigenvalue weighted by Gasteiger charge is -2.09. The number of anilines is 1. The second-order valence-electron chi connectivity index (χ2n) is 4.31. The summed E-state index contributed by atoms with van der Waals surface area (Å²) in [5.41, 5.74) is 7.54. The molecular formula is C14H15N3O3S. The zero-order valence-electron chi connectivity index (χ0n) is 11.7. The van der Waals surface area contributed by atoms with Gasteiger partial charge in [-0.1, -0.05) is 6.07 Å². The van der Waals surface area contributed by atoms with Crippen molar-refractivity contribution < 1.29 is 14.3 Å². The largest absolute Gasteiger partial charge is 0.465 e. The van der Waals surface area contributed by atoms with E-state index in [0.29, 0.717) is 28.5 Å². The van der Waals surface area contributed by atoms with Crippen LogP contribution in [0.1, 0.15) is 31.4 Å². The fraction of sp³-hybridized carbons (Fsp3) is 0.214. The first-order chi connectivity index (χ1) is 10.0. The van der Waals surface area contributed by atoms with Gasteiger partial charge in [-0.05, 0) is 24.6 Å². The quantitative estimate of drug-likeness (QED) is 0.842. The highest BCUT2D eigenvalue weighted by molar-refractivity contribution is 7.09. The summed E-state index contributed by atoms with van der Waals surface area (Å²) in [5, 5.41) is 5.08. The maximum atomic E-state index is 12.1. The van der Waals surface area contributed by atoms with Gasteiger partial charge in [-0.2, -0.15) is 0 Å². The molecule has 2 rings (SSSR count). The number of ether oxygens (including phenoxy) is 1. The molecule has 3 N–H and O–H groups in total. The van der Waals surface area contributed by atoms with Crippen LogP contribution in [0.4, 0.5) is 5.69 Å². The van der Waals surface area contributed by atoms with Crippen LogP contribution in [0, 0.1) is 6.92 Å². The van der Waals surface area contributed by atoms with Gasteiger partial charge < -0.3 is 15.8 Å². The Hall–Kier alpha value is -2.25. The number of aryl methyl sites for hydroxylation is 1. The van der Waals surface area contributed by atoms with E-state index in [-0.39, 0.29) is 5.91 Å². The predicted octanol–water partition coefficient (Wildman–Crippen LogP) is 1.95. The molecule has 1 heterocycles. The summed E-state index contributed by atoms with van der Waals surface area (Å²) < 4.78 is 4.66. The molecule has 2 aromatic rings. The van der Waals surface area contributed by atoms with Crippen LogP contribution in [0.25, 0.3) is 0 Å².